The Hall–Kier alpha value is -2.26. The van der Waals surface area contributed by atoms with E-state index in [0.717, 1.165) is 17.6 Å². The molecule has 0 radical (unpaired) electrons. The van der Waals surface area contributed by atoms with Crippen LogP contribution in [0.5, 0.6) is 0 Å². The molecule has 1 unspecified atom stereocenters. The Kier molecular flexibility index (Phi) is 4.38. The summed E-state index contributed by atoms with van der Waals surface area (Å²) in [5, 5.41) is 2.64. The minimum Gasteiger partial charge on any atom is -0.324 e. The lowest BCUT2D eigenvalue weighted by Gasteiger charge is -2.32. The maximum Gasteiger partial charge on any atom is 0.263 e. The van der Waals surface area contributed by atoms with Gasteiger partial charge >= 0.3 is 0 Å². The van der Waals surface area contributed by atoms with Crippen LogP contribution in [0.4, 0.5) is 5.69 Å². The summed E-state index contributed by atoms with van der Waals surface area (Å²) in [5.74, 6) is -1.40. The van der Waals surface area contributed by atoms with Crippen LogP contribution in [0.15, 0.2) is 18.2 Å². The number of nitrogens with zero attached hydrogens (tertiary/aromatic N) is 2. The molecule has 1 N–H and O–H groups in total. The number of carbonyl (C=O) groups is 3. The van der Waals surface area contributed by atoms with Gasteiger partial charge in [0.1, 0.15) is 6.04 Å². The van der Waals surface area contributed by atoms with Crippen molar-refractivity contribution in [3.8, 4) is 0 Å². The van der Waals surface area contributed by atoms with Crippen molar-refractivity contribution in [2.75, 3.05) is 25.2 Å². The first kappa shape index (κ1) is 17.6. The number of anilines is 1. The van der Waals surface area contributed by atoms with Gasteiger partial charge in [0.05, 0.1) is 23.1 Å². The van der Waals surface area contributed by atoms with Crippen molar-refractivity contribution in [1.29, 1.82) is 0 Å². The Balaban J connectivity index is 1.90. The highest BCUT2D eigenvalue weighted by atomic mass is 32.2. The van der Waals surface area contributed by atoms with Gasteiger partial charge in [0.15, 0.2) is 0 Å². The molecule has 3 rings (SSSR count). The average molecular weight is 365 g/mol. The van der Waals surface area contributed by atoms with Gasteiger partial charge in [-0.1, -0.05) is 12.5 Å². The molecule has 0 bridgehead atoms. The topological polar surface area (TPSA) is 104 Å². The fraction of sp³-hybridized carbons (Fsp3) is 0.438. The van der Waals surface area contributed by atoms with E-state index >= 15 is 0 Å². The van der Waals surface area contributed by atoms with Crippen LogP contribution in [0, 0.1) is 0 Å². The molecule has 2 aliphatic heterocycles. The summed E-state index contributed by atoms with van der Waals surface area (Å²) in [6.45, 7) is 0.296. The molecule has 8 nitrogen and oxygen atoms in total. The number of fused-ring (bicyclic) bond motifs is 1. The third kappa shape index (κ3) is 3.05. The number of hydrogen-bond acceptors (Lipinski definition) is 5. The van der Waals surface area contributed by atoms with Gasteiger partial charge in [0.2, 0.25) is 15.9 Å². The van der Waals surface area contributed by atoms with E-state index in [4.69, 9.17) is 0 Å². The molecule has 0 spiro atoms. The summed E-state index contributed by atoms with van der Waals surface area (Å²) in [6, 6.07) is 3.82. The van der Waals surface area contributed by atoms with Crippen LogP contribution >= 0.6 is 0 Å². The lowest BCUT2D eigenvalue weighted by atomic mass is 10.0. The highest BCUT2D eigenvalue weighted by molar-refractivity contribution is 7.88. The number of nitrogens with one attached hydrogen (secondary N) is 1. The molecule has 1 saturated heterocycles. The lowest BCUT2D eigenvalue weighted by Crippen LogP contribution is -2.49. The number of amides is 3. The van der Waals surface area contributed by atoms with Crippen molar-refractivity contribution in [1.82, 2.24) is 9.21 Å². The second-order valence-corrected chi connectivity index (χ2v) is 8.21. The summed E-state index contributed by atoms with van der Waals surface area (Å²) in [7, 11) is -2.13. The van der Waals surface area contributed by atoms with E-state index in [2.05, 4.69) is 5.32 Å². The Morgan fingerprint density at radius 1 is 1.20 bits per heavy atom. The Bertz CT molecular complexity index is 865. The molecule has 134 valence electrons. The van der Waals surface area contributed by atoms with E-state index in [-0.39, 0.29) is 16.8 Å². The quantitative estimate of drug-likeness (QED) is 0.793. The Morgan fingerprint density at radius 2 is 1.92 bits per heavy atom. The largest absolute Gasteiger partial charge is 0.324 e. The molecule has 2 aliphatic rings. The number of sulfonamides is 1. The predicted octanol–water partition coefficient (Wildman–Crippen LogP) is 0.665. The van der Waals surface area contributed by atoms with Crippen molar-refractivity contribution in [2.45, 2.75) is 25.3 Å². The summed E-state index contributed by atoms with van der Waals surface area (Å²) >= 11 is 0. The number of imide groups is 1. The minimum atomic E-state index is -3.51. The van der Waals surface area contributed by atoms with Crippen molar-refractivity contribution in [3.63, 3.8) is 0 Å². The summed E-state index contributed by atoms with van der Waals surface area (Å²) in [6.07, 6.45) is 2.95. The van der Waals surface area contributed by atoms with Gasteiger partial charge in [-0.15, -0.1) is 0 Å². The fourth-order valence-corrected chi connectivity index (χ4v) is 4.41. The Morgan fingerprint density at radius 3 is 2.60 bits per heavy atom. The fourth-order valence-electron chi connectivity index (χ4n) is 3.29. The molecule has 1 aromatic rings. The molecule has 25 heavy (non-hydrogen) atoms. The van der Waals surface area contributed by atoms with Crippen molar-refractivity contribution >= 4 is 33.4 Å². The van der Waals surface area contributed by atoms with Gasteiger partial charge in [-0.05, 0) is 25.0 Å². The normalized spacial score (nSPS) is 21.4. The van der Waals surface area contributed by atoms with Gasteiger partial charge in [0, 0.05) is 13.6 Å². The first-order valence-electron chi connectivity index (χ1n) is 7.95. The summed E-state index contributed by atoms with van der Waals surface area (Å²) in [5.41, 5.74) is 0.600. The number of rotatable bonds is 3. The number of benzene rings is 1. The minimum absolute atomic E-state index is 0.144. The van der Waals surface area contributed by atoms with E-state index in [1.165, 1.54) is 23.5 Å². The van der Waals surface area contributed by atoms with Gasteiger partial charge in [0.25, 0.3) is 11.8 Å². The first-order chi connectivity index (χ1) is 11.7. The number of carbonyl (C=O) groups excluding carboxylic acids is 3. The van der Waals surface area contributed by atoms with Crippen molar-refractivity contribution < 1.29 is 22.8 Å². The smallest absolute Gasteiger partial charge is 0.263 e. The van der Waals surface area contributed by atoms with Crippen LogP contribution in [0.2, 0.25) is 0 Å². The van der Waals surface area contributed by atoms with Gasteiger partial charge in [-0.3, -0.25) is 19.3 Å². The van der Waals surface area contributed by atoms with E-state index in [1.54, 1.807) is 6.07 Å². The molecule has 0 saturated carbocycles. The molecule has 2 heterocycles. The van der Waals surface area contributed by atoms with Crippen LogP contribution in [-0.4, -0.2) is 61.2 Å². The molecule has 1 atom stereocenters. The predicted molar refractivity (Wildman–Crippen MR) is 90.7 cm³/mol. The Labute approximate surface area is 145 Å². The molecule has 1 fully saturated rings. The van der Waals surface area contributed by atoms with E-state index in [9.17, 15) is 22.8 Å². The number of hydrogen-bond donors (Lipinski definition) is 1. The van der Waals surface area contributed by atoms with Crippen molar-refractivity contribution in [2.24, 2.45) is 0 Å². The van der Waals surface area contributed by atoms with Gasteiger partial charge < -0.3 is 5.32 Å². The maximum atomic E-state index is 12.7. The zero-order valence-corrected chi connectivity index (χ0v) is 14.8. The monoisotopic (exact) mass is 365 g/mol. The van der Waals surface area contributed by atoms with Gasteiger partial charge in [-0.2, -0.15) is 4.31 Å². The second-order valence-electron chi connectivity index (χ2n) is 6.27. The molecule has 0 aliphatic carbocycles. The van der Waals surface area contributed by atoms with Crippen LogP contribution < -0.4 is 5.32 Å². The number of piperidine rings is 1. The lowest BCUT2D eigenvalue weighted by molar-refractivity contribution is -0.120. The van der Waals surface area contributed by atoms with Gasteiger partial charge in [-0.25, -0.2) is 8.42 Å². The average Bonchev–Trinajstić information content (AvgIpc) is 2.79. The summed E-state index contributed by atoms with van der Waals surface area (Å²) in [4.78, 5) is 37.9. The highest BCUT2D eigenvalue weighted by Gasteiger charge is 2.38. The van der Waals surface area contributed by atoms with Crippen LogP contribution in [-0.2, 0) is 14.8 Å². The van der Waals surface area contributed by atoms with E-state index < -0.39 is 33.8 Å². The highest BCUT2D eigenvalue weighted by Crippen LogP contribution is 2.29. The SMILES string of the molecule is CN1C(=O)c2cccc(NC(=O)C3CCCCN3S(C)(=O)=O)c2C1=O. The van der Waals surface area contributed by atoms with E-state index in [0.29, 0.717) is 19.4 Å². The van der Waals surface area contributed by atoms with E-state index in [1.807, 2.05) is 0 Å². The summed E-state index contributed by atoms with van der Waals surface area (Å²) < 4.78 is 25.0. The van der Waals surface area contributed by atoms with Crippen molar-refractivity contribution in [3.05, 3.63) is 29.3 Å². The second kappa shape index (κ2) is 6.23. The van der Waals surface area contributed by atoms with Crippen LogP contribution in [0.1, 0.15) is 40.0 Å². The maximum absolute atomic E-state index is 12.7. The first-order valence-corrected chi connectivity index (χ1v) is 9.79. The third-order valence-electron chi connectivity index (χ3n) is 4.56. The molecule has 1 aromatic carbocycles. The molecule has 0 aromatic heterocycles. The molecule has 9 heteroatoms. The molecular formula is C16H19N3O5S. The molecular weight excluding hydrogens is 346 g/mol. The standard InChI is InChI=1S/C16H19N3O5S/c1-18-15(21)10-6-5-7-11(13(10)16(18)22)17-14(20)12-8-3-4-9-19(12)25(2,23)24/h5-7,12H,3-4,8-9H2,1-2H3,(H,17,20). The van der Waals surface area contributed by atoms with Crippen LogP contribution in [0.25, 0.3) is 0 Å². The third-order valence-corrected chi connectivity index (χ3v) is 5.85. The molecule has 3 amide bonds. The zero-order chi connectivity index (χ0) is 18.4. The van der Waals surface area contributed by atoms with Crippen LogP contribution in [0.3, 0.4) is 0 Å². The zero-order valence-electron chi connectivity index (χ0n) is 14.0.